The zero-order valence-electron chi connectivity index (χ0n) is 66.9. The Bertz CT molecular complexity index is 2260. The van der Waals surface area contributed by atoms with Gasteiger partial charge in [0.15, 0.2) is 0 Å². The Morgan fingerprint density at radius 2 is 0.515 bits per heavy atom. The molecule has 99 heavy (non-hydrogen) atoms. The molecule has 0 spiro atoms. The highest BCUT2D eigenvalue weighted by Crippen LogP contribution is 2.50. The smallest absolute Gasteiger partial charge is 0.408 e. The van der Waals surface area contributed by atoms with E-state index in [0.717, 1.165) is 59.6 Å². The van der Waals surface area contributed by atoms with Crippen LogP contribution in [0, 0.1) is 5.41 Å². The van der Waals surface area contributed by atoms with E-state index >= 15 is 0 Å². The molecule has 0 aromatic heterocycles. The molecule has 0 saturated carbocycles. The maximum Gasteiger partial charge on any atom is 0.530 e. The predicted octanol–water partition coefficient (Wildman–Crippen LogP) is 23.9. The van der Waals surface area contributed by atoms with E-state index in [9.17, 15) is 15.3 Å². The first kappa shape index (κ1) is 97.0. The zero-order valence-corrected chi connectivity index (χ0v) is 69.6. The zero-order chi connectivity index (χ0) is 75.4. The van der Waals surface area contributed by atoms with Crippen molar-refractivity contribution in [1.29, 1.82) is 0 Å². The van der Waals surface area contributed by atoms with Gasteiger partial charge < -0.3 is 63.0 Å². The normalized spacial score (nSPS) is 12.8. The average Bonchev–Trinajstić information content (AvgIpc) is 0.800. The van der Waals surface area contributed by atoms with Gasteiger partial charge in [-0.25, -0.2) is 0 Å². The van der Waals surface area contributed by atoms with Gasteiger partial charge in [0, 0.05) is 23.3 Å². The molecule has 0 aliphatic heterocycles. The highest BCUT2D eigenvalue weighted by molar-refractivity contribution is 7.43. The molecule has 9 N–H and O–H groups in total. The third-order valence-electron chi connectivity index (χ3n) is 18.7. The standard InChI is InChI=1S/C42H63O3P.C41H84O4.2H3O3P/c1-37(2,3)28-19-22-34(31(25-28)40(10,11)12)43-46(44-35-23-20-29(38(4,5)6)26-32(35)41(13,14)15)45-36-24-21-30(39(7,8)9)27-33(36)42(16,17)18;1-3-5-7-9-11-13-15-17-19-21-23-25-27-29-31-33-35-40(41(37-42,38-43)39-44)45-36-34-32-30-28-26-24-22-20-18-16-14-12-10-8-6-4-2;2*1-4(2)3/h19-27H,1-18H3;40,42-44H,3-39H2,1-2H3;2*1-3H. The summed E-state index contributed by atoms with van der Waals surface area (Å²) < 4.78 is 26.9. The Balaban J connectivity index is 0.00000175. The van der Waals surface area contributed by atoms with Gasteiger partial charge in [0.05, 0.1) is 31.3 Å². The van der Waals surface area contributed by atoms with Crippen molar-refractivity contribution in [2.24, 2.45) is 5.41 Å². The number of hydrogen-bond acceptors (Lipinski definition) is 13. The number of ether oxygens (including phenoxy) is 1. The van der Waals surface area contributed by atoms with E-state index in [1.54, 1.807) is 0 Å². The van der Waals surface area contributed by atoms with Crippen molar-refractivity contribution < 1.29 is 63.0 Å². The van der Waals surface area contributed by atoms with Gasteiger partial charge in [-0.05, 0) is 80.2 Å². The lowest BCUT2D eigenvalue weighted by molar-refractivity contribution is -0.117. The number of aliphatic hydroxyl groups is 3. The van der Waals surface area contributed by atoms with Crippen molar-refractivity contribution in [2.45, 2.75) is 389 Å². The third-order valence-corrected chi connectivity index (χ3v) is 19.8. The minimum Gasteiger partial charge on any atom is -0.408 e. The van der Waals surface area contributed by atoms with Crippen molar-refractivity contribution in [2.75, 3.05) is 26.4 Å². The molecular formula is C83H153O13P3. The lowest BCUT2D eigenvalue weighted by atomic mass is 9.80. The van der Waals surface area contributed by atoms with Crippen LogP contribution in [0.2, 0.25) is 0 Å². The van der Waals surface area contributed by atoms with Crippen molar-refractivity contribution in [3.63, 3.8) is 0 Å². The van der Waals surface area contributed by atoms with E-state index in [2.05, 4.69) is 193 Å². The SMILES string of the molecule is CC(C)(C)c1ccc(OP(Oc2ccc(C(C)(C)C)cc2C(C)(C)C)Oc2ccc(C(C)(C)C)cc2C(C)(C)C)c(C(C)(C)C)c1.CCCCCCCCCCCCCCCCCCOC(CCCCCCCCCCCCCCCCCC)C(CO)(CO)CO.OP(O)O.OP(O)O. The molecule has 0 bridgehead atoms. The molecule has 0 amide bonds. The van der Waals surface area contributed by atoms with Crippen LogP contribution in [0.3, 0.4) is 0 Å². The van der Waals surface area contributed by atoms with Crippen LogP contribution in [0.5, 0.6) is 17.2 Å². The largest absolute Gasteiger partial charge is 0.530 e. The quantitative estimate of drug-likeness (QED) is 0.0190. The summed E-state index contributed by atoms with van der Waals surface area (Å²) >= 11 is 0. The fourth-order valence-corrected chi connectivity index (χ4v) is 13.1. The van der Waals surface area contributed by atoms with Crippen LogP contribution in [0.15, 0.2) is 54.6 Å². The van der Waals surface area contributed by atoms with Gasteiger partial charge in [0.25, 0.3) is 0 Å². The molecule has 3 rings (SSSR count). The van der Waals surface area contributed by atoms with Crippen LogP contribution in [-0.2, 0) is 37.2 Å². The molecule has 578 valence electrons. The number of unbranched alkanes of at least 4 members (excludes halogenated alkanes) is 30. The maximum atomic E-state index is 10.0. The molecule has 0 fully saturated rings. The Morgan fingerprint density at radius 3 is 0.717 bits per heavy atom. The Labute approximate surface area is 611 Å². The predicted molar refractivity (Wildman–Crippen MR) is 425 cm³/mol. The molecule has 1 unspecified atom stereocenters. The second-order valence-electron chi connectivity index (χ2n) is 34.3. The molecule has 13 nitrogen and oxygen atoms in total. The van der Waals surface area contributed by atoms with Gasteiger partial charge in [0.2, 0.25) is 0 Å². The molecule has 3 aromatic carbocycles. The van der Waals surface area contributed by atoms with Crippen LogP contribution in [0.25, 0.3) is 0 Å². The first-order valence-corrected chi connectivity index (χ1v) is 42.2. The van der Waals surface area contributed by atoms with Gasteiger partial charge in [-0.15, -0.1) is 0 Å². The van der Waals surface area contributed by atoms with E-state index in [1.165, 1.54) is 203 Å². The van der Waals surface area contributed by atoms with Crippen molar-refractivity contribution >= 4 is 25.8 Å². The van der Waals surface area contributed by atoms with E-state index < -0.39 is 31.2 Å². The summed E-state index contributed by atoms with van der Waals surface area (Å²) in [6.07, 6.45) is 43.7. The van der Waals surface area contributed by atoms with Crippen LogP contribution in [0.4, 0.5) is 0 Å². The number of hydrogen-bond donors (Lipinski definition) is 9. The second-order valence-corrected chi connectivity index (χ2v) is 36.3. The van der Waals surface area contributed by atoms with E-state index in [-0.39, 0.29) is 58.4 Å². The fourth-order valence-electron chi connectivity index (χ4n) is 12.1. The van der Waals surface area contributed by atoms with Crippen molar-refractivity contribution in [1.82, 2.24) is 0 Å². The Morgan fingerprint density at radius 1 is 0.303 bits per heavy atom. The van der Waals surface area contributed by atoms with Gasteiger partial charge in [0.1, 0.15) is 17.2 Å². The van der Waals surface area contributed by atoms with Crippen LogP contribution >= 0.6 is 25.8 Å². The molecule has 0 aliphatic rings. The summed E-state index contributed by atoms with van der Waals surface area (Å²) in [5.41, 5.74) is 5.91. The summed E-state index contributed by atoms with van der Waals surface area (Å²) in [6.45, 7) is 44.9. The highest BCUT2D eigenvalue weighted by atomic mass is 31.2. The summed E-state index contributed by atoms with van der Waals surface area (Å²) in [6, 6.07) is 19.7. The summed E-state index contributed by atoms with van der Waals surface area (Å²) in [4.78, 5) is 43.4. The second kappa shape index (κ2) is 52.0. The van der Waals surface area contributed by atoms with Gasteiger partial charge >= 0.3 is 25.8 Å². The van der Waals surface area contributed by atoms with Gasteiger partial charge in [-0.2, -0.15) is 0 Å². The lowest BCUT2D eigenvalue weighted by Gasteiger charge is -2.36. The fraction of sp³-hybridized carbons (Fsp3) is 0.783. The first-order valence-electron chi connectivity index (χ1n) is 38.7. The highest BCUT2D eigenvalue weighted by Gasteiger charge is 2.38. The average molecular weight is 1450 g/mol. The Kier molecular flexibility index (Phi) is 50.9. The summed E-state index contributed by atoms with van der Waals surface area (Å²) in [5.74, 6) is 2.37. The van der Waals surface area contributed by atoms with Gasteiger partial charge in [-0.1, -0.05) is 374 Å². The molecule has 1 atom stereocenters. The van der Waals surface area contributed by atoms with Crippen molar-refractivity contribution in [3.05, 3.63) is 88.0 Å². The number of rotatable bonds is 45. The minimum absolute atomic E-state index is 0.0170. The summed E-state index contributed by atoms with van der Waals surface area (Å²) in [7, 11) is -7.13. The first-order chi connectivity index (χ1) is 46.2. The monoisotopic (exact) mass is 1450 g/mol. The molecular weight excluding hydrogens is 1300 g/mol. The topological polar surface area (TPSA) is 219 Å². The molecule has 0 aliphatic carbocycles. The molecule has 3 aromatic rings. The van der Waals surface area contributed by atoms with Crippen molar-refractivity contribution in [3.8, 4) is 17.2 Å². The van der Waals surface area contributed by atoms with Crippen LogP contribution in [0.1, 0.15) is 384 Å². The lowest BCUT2D eigenvalue weighted by Crippen LogP contribution is -2.46. The minimum atomic E-state index is -2.62. The maximum absolute atomic E-state index is 10.0. The van der Waals surface area contributed by atoms with E-state index in [1.807, 2.05) is 0 Å². The van der Waals surface area contributed by atoms with Crippen LogP contribution < -0.4 is 13.6 Å². The summed E-state index contributed by atoms with van der Waals surface area (Å²) in [5, 5.41) is 30.1. The molecule has 0 radical (unpaired) electrons. The number of benzene rings is 3. The molecule has 16 heteroatoms. The number of aliphatic hydroxyl groups excluding tert-OH is 3. The molecule has 0 heterocycles. The van der Waals surface area contributed by atoms with E-state index in [0.29, 0.717) is 6.61 Å². The van der Waals surface area contributed by atoms with Crippen LogP contribution in [-0.4, -0.2) is 77.2 Å². The van der Waals surface area contributed by atoms with E-state index in [4.69, 9.17) is 47.7 Å². The Hall–Kier alpha value is -2.05. The third kappa shape index (κ3) is 45.2. The van der Waals surface area contributed by atoms with Gasteiger partial charge in [-0.3, -0.25) is 0 Å². The molecule has 0 saturated heterocycles.